The van der Waals surface area contributed by atoms with E-state index in [2.05, 4.69) is 14.9 Å². The zero-order chi connectivity index (χ0) is 14.8. The summed E-state index contributed by atoms with van der Waals surface area (Å²) in [5, 5.41) is 6.05. The zero-order valence-corrected chi connectivity index (χ0v) is 11.6. The first-order chi connectivity index (χ1) is 9.44. The molecule has 108 valence electrons. The molecule has 8 heteroatoms. The van der Waals surface area contributed by atoms with Crippen LogP contribution in [0.1, 0.15) is 24.1 Å². The zero-order valence-electron chi connectivity index (χ0n) is 10.8. The second kappa shape index (κ2) is 5.70. The number of benzene rings is 1. The van der Waals surface area contributed by atoms with Crippen LogP contribution in [-0.2, 0) is 16.6 Å². The molecule has 0 saturated carbocycles. The SMILES string of the molecule is CC(NS(=O)(=O)c1[nH]ncc1CN)c1ccc(F)cc1. The minimum absolute atomic E-state index is 0.0473. The van der Waals surface area contributed by atoms with Crippen molar-refractivity contribution in [1.82, 2.24) is 14.9 Å². The van der Waals surface area contributed by atoms with Gasteiger partial charge in [0.15, 0.2) is 5.03 Å². The average molecular weight is 298 g/mol. The van der Waals surface area contributed by atoms with Crippen molar-refractivity contribution in [2.45, 2.75) is 24.5 Å². The molecule has 0 aliphatic rings. The van der Waals surface area contributed by atoms with E-state index in [9.17, 15) is 12.8 Å². The van der Waals surface area contributed by atoms with Crippen molar-refractivity contribution in [1.29, 1.82) is 0 Å². The molecule has 0 aliphatic carbocycles. The molecule has 20 heavy (non-hydrogen) atoms. The first kappa shape index (κ1) is 14.6. The summed E-state index contributed by atoms with van der Waals surface area (Å²) in [7, 11) is -3.76. The second-order valence-corrected chi connectivity index (χ2v) is 5.97. The van der Waals surface area contributed by atoms with Crippen LogP contribution < -0.4 is 10.5 Å². The summed E-state index contributed by atoms with van der Waals surface area (Å²) < 4.78 is 39.8. The Hall–Kier alpha value is -1.77. The minimum atomic E-state index is -3.76. The maximum absolute atomic E-state index is 12.8. The van der Waals surface area contributed by atoms with Gasteiger partial charge in [-0.15, -0.1) is 0 Å². The summed E-state index contributed by atoms with van der Waals surface area (Å²) in [5.41, 5.74) is 6.52. The van der Waals surface area contributed by atoms with Crippen LogP contribution in [0.25, 0.3) is 0 Å². The molecule has 6 nitrogen and oxygen atoms in total. The molecular weight excluding hydrogens is 283 g/mol. The molecule has 1 atom stereocenters. The van der Waals surface area contributed by atoms with Gasteiger partial charge in [-0.1, -0.05) is 12.1 Å². The van der Waals surface area contributed by atoms with E-state index in [-0.39, 0.29) is 17.4 Å². The lowest BCUT2D eigenvalue weighted by molar-refractivity contribution is 0.561. The monoisotopic (exact) mass is 298 g/mol. The van der Waals surface area contributed by atoms with Crippen LogP contribution in [0.5, 0.6) is 0 Å². The lowest BCUT2D eigenvalue weighted by atomic mass is 10.1. The van der Waals surface area contributed by atoms with Gasteiger partial charge in [-0.2, -0.15) is 5.10 Å². The average Bonchev–Trinajstić information content (AvgIpc) is 2.88. The number of sulfonamides is 1. The van der Waals surface area contributed by atoms with Crippen LogP contribution >= 0.6 is 0 Å². The number of hydrogen-bond acceptors (Lipinski definition) is 4. The highest BCUT2D eigenvalue weighted by Crippen LogP contribution is 2.18. The Morgan fingerprint density at radius 3 is 2.65 bits per heavy atom. The molecule has 4 N–H and O–H groups in total. The quantitative estimate of drug-likeness (QED) is 0.768. The van der Waals surface area contributed by atoms with E-state index in [1.165, 1.54) is 30.5 Å². The smallest absolute Gasteiger partial charge is 0.258 e. The van der Waals surface area contributed by atoms with Gasteiger partial charge < -0.3 is 5.73 Å². The topological polar surface area (TPSA) is 101 Å². The predicted molar refractivity (Wildman–Crippen MR) is 71.6 cm³/mol. The molecule has 1 unspecified atom stereocenters. The molecule has 0 saturated heterocycles. The lowest BCUT2D eigenvalue weighted by Gasteiger charge is -2.14. The van der Waals surface area contributed by atoms with Gasteiger partial charge in [0.25, 0.3) is 10.0 Å². The molecule has 0 amide bonds. The van der Waals surface area contributed by atoms with E-state index < -0.39 is 16.1 Å². The molecule has 0 aliphatic heterocycles. The van der Waals surface area contributed by atoms with Crippen molar-refractivity contribution in [2.75, 3.05) is 0 Å². The fourth-order valence-corrected chi connectivity index (χ4v) is 3.16. The Kier molecular flexibility index (Phi) is 4.17. The van der Waals surface area contributed by atoms with E-state index in [1.807, 2.05) is 0 Å². The van der Waals surface area contributed by atoms with E-state index in [0.717, 1.165) is 0 Å². The number of halogens is 1. The van der Waals surface area contributed by atoms with Crippen molar-refractivity contribution in [2.24, 2.45) is 5.73 Å². The summed E-state index contributed by atoms with van der Waals surface area (Å²) in [6, 6.07) is 5.11. The van der Waals surface area contributed by atoms with Gasteiger partial charge >= 0.3 is 0 Å². The van der Waals surface area contributed by atoms with Crippen molar-refractivity contribution >= 4 is 10.0 Å². The van der Waals surface area contributed by atoms with E-state index in [4.69, 9.17) is 5.73 Å². The standard InChI is InChI=1S/C12H15FN4O2S/c1-8(9-2-4-11(13)5-3-9)17-20(18,19)12-10(6-14)7-15-16-12/h2-5,7-8,17H,6,14H2,1H3,(H,15,16). The largest absolute Gasteiger partial charge is 0.326 e. The van der Waals surface area contributed by atoms with Crippen LogP contribution in [0.4, 0.5) is 4.39 Å². The number of aromatic nitrogens is 2. The number of nitrogens with one attached hydrogen (secondary N) is 2. The fourth-order valence-electron chi connectivity index (χ4n) is 1.79. The molecule has 0 fully saturated rings. The van der Waals surface area contributed by atoms with Gasteiger partial charge in [0, 0.05) is 18.2 Å². The number of nitrogens with two attached hydrogens (primary N) is 1. The number of hydrogen-bond donors (Lipinski definition) is 3. The number of aromatic amines is 1. The van der Waals surface area contributed by atoms with Gasteiger partial charge in [-0.3, -0.25) is 5.10 Å². The first-order valence-corrected chi connectivity index (χ1v) is 7.42. The van der Waals surface area contributed by atoms with Crippen LogP contribution in [-0.4, -0.2) is 18.6 Å². The molecule has 0 radical (unpaired) electrons. The summed E-state index contributed by atoms with van der Waals surface area (Å²) in [6.45, 7) is 1.74. The van der Waals surface area contributed by atoms with Gasteiger partial charge in [-0.05, 0) is 24.6 Å². The maximum atomic E-state index is 12.8. The third-order valence-corrected chi connectivity index (χ3v) is 4.42. The van der Waals surface area contributed by atoms with Crippen molar-refractivity contribution in [3.63, 3.8) is 0 Å². The fraction of sp³-hybridized carbons (Fsp3) is 0.250. The molecule has 1 heterocycles. The Labute approximate surface area is 116 Å². The normalized spacial score (nSPS) is 13.3. The maximum Gasteiger partial charge on any atom is 0.258 e. The highest BCUT2D eigenvalue weighted by atomic mass is 32.2. The Balaban J connectivity index is 2.22. The third kappa shape index (κ3) is 3.03. The Morgan fingerprint density at radius 1 is 1.40 bits per heavy atom. The molecule has 0 spiro atoms. The highest BCUT2D eigenvalue weighted by molar-refractivity contribution is 7.89. The molecular formula is C12H15FN4O2S. The van der Waals surface area contributed by atoms with Gasteiger partial charge in [-0.25, -0.2) is 17.5 Å². The summed E-state index contributed by atoms with van der Waals surface area (Å²) in [5.74, 6) is -0.372. The molecule has 2 aromatic rings. The van der Waals surface area contributed by atoms with Gasteiger partial charge in [0.1, 0.15) is 5.82 Å². The Morgan fingerprint density at radius 2 is 2.05 bits per heavy atom. The van der Waals surface area contributed by atoms with Gasteiger partial charge in [0.2, 0.25) is 0 Å². The van der Waals surface area contributed by atoms with Crippen LogP contribution in [0.15, 0.2) is 35.5 Å². The molecule has 1 aromatic carbocycles. The number of H-pyrrole nitrogens is 1. The summed E-state index contributed by atoms with van der Waals surface area (Å²) in [6.07, 6.45) is 1.37. The lowest BCUT2D eigenvalue weighted by Crippen LogP contribution is -2.28. The van der Waals surface area contributed by atoms with Crippen LogP contribution in [0.2, 0.25) is 0 Å². The van der Waals surface area contributed by atoms with Crippen molar-refractivity contribution < 1.29 is 12.8 Å². The van der Waals surface area contributed by atoms with Gasteiger partial charge in [0.05, 0.1) is 6.20 Å². The van der Waals surface area contributed by atoms with Crippen LogP contribution in [0, 0.1) is 5.82 Å². The van der Waals surface area contributed by atoms with E-state index in [0.29, 0.717) is 11.1 Å². The summed E-state index contributed by atoms with van der Waals surface area (Å²) >= 11 is 0. The van der Waals surface area contributed by atoms with E-state index >= 15 is 0 Å². The van der Waals surface area contributed by atoms with Crippen LogP contribution in [0.3, 0.4) is 0 Å². The second-order valence-electron chi connectivity index (χ2n) is 4.32. The third-order valence-electron chi connectivity index (χ3n) is 2.87. The number of nitrogens with zero attached hydrogens (tertiary/aromatic N) is 1. The van der Waals surface area contributed by atoms with Crippen molar-refractivity contribution in [3.05, 3.63) is 47.4 Å². The van der Waals surface area contributed by atoms with E-state index in [1.54, 1.807) is 6.92 Å². The molecule has 0 bridgehead atoms. The minimum Gasteiger partial charge on any atom is -0.326 e. The predicted octanol–water partition coefficient (Wildman–Crippen LogP) is 1.05. The molecule has 1 aromatic heterocycles. The summed E-state index contributed by atoms with van der Waals surface area (Å²) in [4.78, 5) is 0. The van der Waals surface area contributed by atoms with Crippen molar-refractivity contribution in [3.8, 4) is 0 Å². The molecule has 2 rings (SSSR count). The number of rotatable bonds is 5. The Bertz CT molecular complexity index is 682. The first-order valence-electron chi connectivity index (χ1n) is 5.94. The highest BCUT2D eigenvalue weighted by Gasteiger charge is 2.22.